The van der Waals surface area contributed by atoms with Crippen LogP contribution in [-0.2, 0) is 19.6 Å². The van der Waals surface area contributed by atoms with Crippen LogP contribution in [0.1, 0.15) is 26.2 Å². The molecule has 0 aromatic heterocycles. The molecule has 0 aliphatic carbocycles. The molecule has 8 nitrogen and oxygen atoms in total. The van der Waals surface area contributed by atoms with E-state index in [1.165, 1.54) is 12.1 Å². The van der Waals surface area contributed by atoms with Crippen LogP contribution in [-0.4, -0.2) is 36.4 Å². The highest BCUT2D eigenvalue weighted by molar-refractivity contribution is 14.1. The molecule has 1 aromatic carbocycles. The minimum atomic E-state index is -4.23. The van der Waals surface area contributed by atoms with Gasteiger partial charge in [0.1, 0.15) is 6.04 Å². The van der Waals surface area contributed by atoms with Gasteiger partial charge in [-0.2, -0.15) is 4.72 Å². The van der Waals surface area contributed by atoms with Crippen LogP contribution >= 0.6 is 22.6 Å². The van der Waals surface area contributed by atoms with Gasteiger partial charge in [-0.1, -0.05) is 48.1 Å². The molecule has 0 amide bonds. The van der Waals surface area contributed by atoms with Gasteiger partial charge in [-0.25, -0.2) is 8.42 Å². The highest BCUT2D eigenvalue weighted by Crippen LogP contribution is 2.23. The quantitative estimate of drug-likeness (QED) is 0.140. The molecule has 0 spiro atoms. The lowest BCUT2D eigenvalue weighted by atomic mass is 10.2. The number of para-hydroxylation sites is 1. The first-order valence-electron chi connectivity index (χ1n) is 7.31. The number of nitro groups is 1. The summed E-state index contributed by atoms with van der Waals surface area (Å²) in [7, 11) is -4.23. The number of alkyl halides is 1. The number of carbonyl (C=O) groups is 1. The Hall–Kier alpha value is -1.27. The molecule has 0 aliphatic rings. The van der Waals surface area contributed by atoms with Crippen LogP contribution in [0.3, 0.4) is 0 Å². The first-order chi connectivity index (χ1) is 11.3. The summed E-state index contributed by atoms with van der Waals surface area (Å²) in [6, 6.07) is 3.90. The summed E-state index contributed by atoms with van der Waals surface area (Å²) in [5.74, 6) is -0.678. The van der Waals surface area contributed by atoms with Crippen molar-refractivity contribution in [3.8, 4) is 0 Å². The first kappa shape index (κ1) is 20.8. The van der Waals surface area contributed by atoms with E-state index < -0.39 is 37.5 Å². The molecule has 134 valence electrons. The van der Waals surface area contributed by atoms with Crippen molar-refractivity contribution in [1.82, 2.24) is 4.72 Å². The predicted molar refractivity (Wildman–Crippen MR) is 96.6 cm³/mol. The second kappa shape index (κ2) is 9.89. The number of nitrogens with zero attached hydrogens (tertiary/aromatic N) is 1. The van der Waals surface area contributed by atoms with Crippen molar-refractivity contribution in [2.24, 2.45) is 0 Å². The number of nitrogens with one attached hydrogen (secondary N) is 1. The van der Waals surface area contributed by atoms with Crippen LogP contribution in [0.2, 0.25) is 0 Å². The van der Waals surface area contributed by atoms with Gasteiger partial charge in [0.15, 0.2) is 4.90 Å². The number of ether oxygens (including phenoxy) is 1. The van der Waals surface area contributed by atoms with Crippen molar-refractivity contribution in [2.75, 3.05) is 11.0 Å². The van der Waals surface area contributed by atoms with Crippen LogP contribution in [0.5, 0.6) is 0 Å². The van der Waals surface area contributed by atoms with Crippen LogP contribution in [0, 0.1) is 10.1 Å². The highest BCUT2D eigenvalue weighted by Gasteiger charge is 2.31. The Morgan fingerprint density at radius 3 is 2.67 bits per heavy atom. The molecule has 0 bridgehead atoms. The average molecular weight is 470 g/mol. The summed E-state index contributed by atoms with van der Waals surface area (Å²) in [4.78, 5) is 21.8. The molecule has 1 atom stereocenters. The summed E-state index contributed by atoms with van der Waals surface area (Å²) in [6.07, 6.45) is 1.75. The highest BCUT2D eigenvalue weighted by atomic mass is 127. The molecule has 0 unspecified atom stereocenters. The number of halogens is 1. The van der Waals surface area contributed by atoms with Gasteiger partial charge in [-0.3, -0.25) is 14.9 Å². The average Bonchev–Trinajstić information content (AvgIpc) is 2.54. The molecular weight excluding hydrogens is 451 g/mol. The topological polar surface area (TPSA) is 116 Å². The van der Waals surface area contributed by atoms with Gasteiger partial charge in [-0.05, 0) is 18.9 Å². The number of esters is 1. The zero-order valence-electron chi connectivity index (χ0n) is 13.1. The van der Waals surface area contributed by atoms with E-state index in [0.29, 0.717) is 10.8 Å². The van der Waals surface area contributed by atoms with Crippen LogP contribution in [0.25, 0.3) is 0 Å². The predicted octanol–water partition coefficient (Wildman–Crippen LogP) is 2.41. The van der Waals surface area contributed by atoms with E-state index in [-0.39, 0.29) is 13.0 Å². The lowest BCUT2D eigenvalue weighted by Crippen LogP contribution is -2.42. The fourth-order valence-electron chi connectivity index (χ4n) is 1.84. The third-order valence-corrected chi connectivity index (χ3v) is 5.22. The zero-order chi connectivity index (χ0) is 18.2. The molecule has 1 aromatic rings. The van der Waals surface area contributed by atoms with Gasteiger partial charge >= 0.3 is 5.97 Å². The van der Waals surface area contributed by atoms with Crippen molar-refractivity contribution in [3.05, 3.63) is 34.4 Å². The number of rotatable bonds is 10. The fraction of sp³-hybridized carbons (Fsp3) is 0.500. The van der Waals surface area contributed by atoms with E-state index in [1.807, 2.05) is 29.5 Å². The summed E-state index contributed by atoms with van der Waals surface area (Å²) < 4.78 is 32.7. The van der Waals surface area contributed by atoms with Crippen molar-refractivity contribution in [3.63, 3.8) is 0 Å². The van der Waals surface area contributed by atoms with Gasteiger partial charge in [-0.15, -0.1) is 0 Å². The summed E-state index contributed by atoms with van der Waals surface area (Å²) in [5.41, 5.74) is -0.544. The Labute approximate surface area is 154 Å². The number of nitro benzene ring substituents is 1. The van der Waals surface area contributed by atoms with Crippen LogP contribution in [0.15, 0.2) is 29.2 Å². The SMILES string of the molecule is CCCCOC(=O)[C@H](CCI)NS(=O)(=O)c1ccccc1[N+](=O)[O-]. The molecule has 1 rings (SSSR count). The van der Waals surface area contributed by atoms with Gasteiger partial charge in [0.2, 0.25) is 10.0 Å². The largest absolute Gasteiger partial charge is 0.465 e. The molecule has 0 fully saturated rings. The van der Waals surface area contributed by atoms with Gasteiger partial charge < -0.3 is 4.74 Å². The Bertz CT molecular complexity index is 680. The Morgan fingerprint density at radius 1 is 1.42 bits per heavy atom. The molecule has 0 saturated heterocycles. The standard InChI is InChI=1S/C14H19IN2O6S/c1-2-3-10-23-14(18)11(8-9-15)16-24(21,22)13-7-5-4-6-12(13)17(19)20/h4-7,11,16H,2-3,8-10H2,1H3/t11-/m0/s1. The minimum absolute atomic E-state index is 0.209. The Morgan fingerprint density at radius 2 is 2.08 bits per heavy atom. The molecule has 0 radical (unpaired) electrons. The molecule has 0 aliphatic heterocycles. The molecule has 0 saturated carbocycles. The maximum atomic E-state index is 12.5. The molecule has 1 N–H and O–H groups in total. The van der Waals surface area contributed by atoms with Crippen molar-refractivity contribution < 1.29 is 22.9 Å². The zero-order valence-corrected chi connectivity index (χ0v) is 16.1. The lowest BCUT2D eigenvalue weighted by Gasteiger charge is -2.17. The maximum Gasteiger partial charge on any atom is 0.324 e. The lowest BCUT2D eigenvalue weighted by molar-refractivity contribution is -0.387. The second-order valence-electron chi connectivity index (χ2n) is 4.90. The van der Waals surface area contributed by atoms with Crippen molar-refractivity contribution >= 4 is 44.3 Å². The number of hydrogen-bond donors (Lipinski definition) is 1. The molecule has 10 heteroatoms. The smallest absolute Gasteiger partial charge is 0.324 e. The molecule has 0 heterocycles. The minimum Gasteiger partial charge on any atom is -0.465 e. The Balaban J connectivity index is 3.00. The summed E-state index contributed by atoms with van der Waals surface area (Å²) in [6.45, 7) is 2.15. The van der Waals surface area contributed by atoms with E-state index in [9.17, 15) is 23.3 Å². The summed E-state index contributed by atoms with van der Waals surface area (Å²) >= 11 is 2.01. The van der Waals surface area contributed by atoms with Crippen LogP contribution < -0.4 is 4.72 Å². The fourth-order valence-corrected chi connectivity index (χ4v) is 3.85. The number of unbranched alkanes of at least 4 members (excludes halogenated alkanes) is 1. The third kappa shape index (κ3) is 5.98. The third-order valence-electron chi connectivity index (χ3n) is 3.07. The number of sulfonamides is 1. The normalized spacial score (nSPS) is 12.6. The van der Waals surface area contributed by atoms with E-state index >= 15 is 0 Å². The van der Waals surface area contributed by atoms with Gasteiger partial charge in [0, 0.05) is 10.5 Å². The molecular formula is C14H19IN2O6S. The van der Waals surface area contributed by atoms with Crippen molar-refractivity contribution in [2.45, 2.75) is 37.1 Å². The van der Waals surface area contributed by atoms with E-state index in [1.54, 1.807) is 0 Å². The number of hydrogen-bond acceptors (Lipinski definition) is 6. The van der Waals surface area contributed by atoms with Gasteiger partial charge in [0.05, 0.1) is 11.5 Å². The van der Waals surface area contributed by atoms with E-state index in [0.717, 1.165) is 18.6 Å². The Kier molecular flexibility index (Phi) is 8.56. The molecule has 24 heavy (non-hydrogen) atoms. The first-order valence-corrected chi connectivity index (χ1v) is 10.3. The summed E-state index contributed by atoms with van der Waals surface area (Å²) in [5, 5.41) is 11.0. The van der Waals surface area contributed by atoms with Gasteiger partial charge in [0.25, 0.3) is 5.69 Å². The second-order valence-corrected chi connectivity index (χ2v) is 7.66. The van der Waals surface area contributed by atoms with Crippen LogP contribution in [0.4, 0.5) is 5.69 Å². The van der Waals surface area contributed by atoms with Crippen molar-refractivity contribution in [1.29, 1.82) is 0 Å². The van der Waals surface area contributed by atoms with E-state index in [2.05, 4.69) is 4.72 Å². The maximum absolute atomic E-state index is 12.5. The van der Waals surface area contributed by atoms with E-state index in [4.69, 9.17) is 4.74 Å². The number of carbonyl (C=O) groups excluding carboxylic acids is 1. The number of benzene rings is 1. The monoisotopic (exact) mass is 470 g/mol.